The van der Waals surface area contributed by atoms with Crippen molar-refractivity contribution in [2.45, 2.75) is 59.5 Å². The van der Waals surface area contributed by atoms with Crippen molar-refractivity contribution in [1.29, 1.82) is 0 Å². The number of fused-ring (bicyclic) bond motifs is 1. The van der Waals surface area contributed by atoms with Crippen LogP contribution in [0.5, 0.6) is 5.75 Å². The molecule has 0 aliphatic heterocycles. The van der Waals surface area contributed by atoms with Gasteiger partial charge < -0.3 is 9.15 Å². The Hall–Kier alpha value is -2.81. The quantitative estimate of drug-likeness (QED) is 0.299. The predicted molar refractivity (Wildman–Crippen MR) is 121 cm³/mol. The fraction of sp³-hybridized carbons (Fsp3) is 0.346. The van der Waals surface area contributed by atoms with Crippen molar-refractivity contribution >= 4 is 17.0 Å². The molecule has 3 nitrogen and oxygen atoms in total. The molecule has 1 heterocycles. The highest BCUT2D eigenvalue weighted by molar-refractivity contribution is 5.85. The highest BCUT2D eigenvalue weighted by Gasteiger charge is 2.15. The normalized spacial score (nSPS) is 11.0. The van der Waals surface area contributed by atoms with Crippen molar-refractivity contribution in [3.8, 4) is 5.75 Å². The lowest BCUT2D eigenvalue weighted by Crippen LogP contribution is -2.11. The second kappa shape index (κ2) is 9.60. The van der Waals surface area contributed by atoms with Crippen LogP contribution < -0.4 is 10.4 Å². The van der Waals surface area contributed by atoms with E-state index in [1.165, 1.54) is 12.8 Å². The minimum atomic E-state index is -0.216. The summed E-state index contributed by atoms with van der Waals surface area (Å²) in [6, 6.07) is 12.1. The maximum atomic E-state index is 12.6. The number of hydrogen-bond acceptors (Lipinski definition) is 3. The molecule has 29 heavy (non-hydrogen) atoms. The molecule has 3 aromatic rings. The minimum Gasteiger partial charge on any atom is -0.488 e. The molecule has 0 atom stereocenters. The molecule has 0 saturated carbocycles. The summed E-state index contributed by atoms with van der Waals surface area (Å²) in [5.41, 5.74) is 5.28. The van der Waals surface area contributed by atoms with Crippen molar-refractivity contribution in [3.05, 3.63) is 81.2 Å². The van der Waals surface area contributed by atoms with Crippen molar-refractivity contribution in [3.63, 3.8) is 0 Å². The number of hydrogen-bond donors (Lipinski definition) is 0. The third-order valence-corrected chi connectivity index (χ3v) is 5.54. The summed E-state index contributed by atoms with van der Waals surface area (Å²) in [5.74, 6) is 0.739. The lowest BCUT2D eigenvalue weighted by molar-refractivity contribution is 0.304. The summed E-state index contributed by atoms with van der Waals surface area (Å²) in [6.07, 6.45) is 7.16. The topological polar surface area (TPSA) is 39.4 Å². The van der Waals surface area contributed by atoms with Crippen LogP contribution in [0.4, 0.5) is 0 Å². The molecule has 152 valence electrons. The standard InChI is InChI=1S/C26H30O3/c1-5-7-8-9-10-23-18(3)22-15-16-24(19(4)25(22)29-26(23)27)28-17-21-13-11-20(6-2)12-14-21/h6,11-16H,2,5,7-10,17H2,1,3-4H3. The van der Waals surface area contributed by atoms with Gasteiger partial charge in [-0.25, -0.2) is 4.79 Å². The summed E-state index contributed by atoms with van der Waals surface area (Å²) in [6.45, 7) is 10.4. The molecule has 3 rings (SSSR count). The largest absolute Gasteiger partial charge is 0.488 e. The van der Waals surface area contributed by atoms with Crippen LogP contribution in [0.1, 0.15) is 60.4 Å². The number of rotatable bonds is 9. The van der Waals surface area contributed by atoms with Gasteiger partial charge in [-0.15, -0.1) is 0 Å². The summed E-state index contributed by atoms with van der Waals surface area (Å²) in [4.78, 5) is 12.6. The van der Waals surface area contributed by atoms with Gasteiger partial charge in [0, 0.05) is 16.5 Å². The zero-order valence-electron chi connectivity index (χ0n) is 17.7. The van der Waals surface area contributed by atoms with Gasteiger partial charge in [-0.3, -0.25) is 0 Å². The fourth-order valence-electron chi connectivity index (χ4n) is 3.66. The number of benzene rings is 2. The van der Waals surface area contributed by atoms with Gasteiger partial charge in [-0.1, -0.05) is 63.1 Å². The van der Waals surface area contributed by atoms with Crippen molar-refractivity contribution < 1.29 is 9.15 Å². The van der Waals surface area contributed by atoms with E-state index in [0.717, 1.165) is 58.2 Å². The van der Waals surface area contributed by atoms with Crippen LogP contribution in [0.15, 0.2) is 52.2 Å². The zero-order valence-corrected chi connectivity index (χ0v) is 17.7. The van der Waals surface area contributed by atoms with Gasteiger partial charge >= 0.3 is 5.63 Å². The van der Waals surface area contributed by atoms with Crippen LogP contribution in [0.25, 0.3) is 17.0 Å². The van der Waals surface area contributed by atoms with E-state index < -0.39 is 0 Å². The first kappa shape index (κ1) is 20.9. The molecule has 0 amide bonds. The first-order valence-electron chi connectivity index (χ1n) is 10.4. The molecule has 0 fully saturated rings. The maximum Gasteiger partial charge on any atom is 0.339 e. The summed E-state index contributed by atoms with van der Waals surface area (Å²) >= 11 is 0. The first-order valence-corrected chi connectivity index (χ1v) is 10.4. The smallest absolute Gasteiger partial charge is 0.339 e. The van der Waals surface area contributed by atoms with E-state index in [9.17, 15) is 4.79 Å². The SMILES string of the molecule is C=Cc1ccc(COc2ccc3c(C)c(CCCCCC)c(=O)oc3c2C)cc1. The van der Waals surface area contributed by atoms with Gasteiger partial charge in [0.15, 0.2) is 0 Å². The van der Waals surface area contributed by atoms with E-state index in [-0.39, 0.29) is 5.63 Å². The van der Waals surface area contributed by atoms with E-state index in [4.69, 9.17) is 9.15 Å². The van der Waals surface area contributed by atoms with E-state index in [2.05, 4.69) is 13.5 Å². The molecule has 0 spiro atoms. The van der Waals surface area contributed by atoms with Crippen molar-refractivity contribution in [2.24, 2.45) is 0 Å². The van der Waals surface area contributed by atoms with Gasteiger partial charge in [0.2, 0.25) is 0 Å². The Bertz CT molecular complexity index is 1040. The molecule has 0 unspecified atom stereocenters. The number of ether oxygens (including phenoxy) is 1. The Morgan fingerprint density at radius 3 is 2.45 bits per heavy atom. The van der Waals surface area contributed by atoms with E-state index in [0.29, 0.717) is 12.2 Å². The van der Waals surface area contributed by atoms with Gasteiger partial charge in [0.1, 0.15) is 17.9 Å². The predicted octanol–water partition coefficient (Wildman–Crippen LogP) is 6.75. The first-order chi connectivity index (χ1) is 14.0. The van der Waals surface area contributed by atoms with Crippen LogP contribution >= 0.6 is 0 Å². The number of aryl methyl sites for hydroxylation is 2. The van der Waals surface area contributed by atoms with E-state index in [1.807, 2.05) is 56.3 Å². The molecule has 0 N–H and O–H groups in total. The molecule has 0 aliphatic rings. The average molecular weight is 391 g/mol. The summed E-state index contributed by atoms with van der Waals surface area (Å²) < 4.78 is 11.8. The molecule has 0 saturated heterocycles. The van der Waals surface area contributed by atoms with Crippen LogP contribution in [0.3, 0.4) is 0 Å². The molecule has 0 radical (unpaired) electrons. The Labute approximate surface area is 173 Å². The molecule has 0 bridgehead atoms. The molecule has 1 aromatic heterocycles. The maximum absolute atomic E-state index is 12.6. The third-order valence-electron chi connectivity index (χ3n) is 5.54. The highest BCUT2D eigenvalue weighted by atomic mass is 16.5. The summed E-state index contributed by atoms with van der Waals surface area (Å²) in [5, 5.41) is 0.996. The Morgan fingerprint density at radius 1 is 1.00 bits per heavy atom. The molecule has 3 heteroatoms. The molecule has 2 aromatic carbocycles. The lowest BCUT2D eigenvalue weighted by atomic mass is 9.99. The van der Waals surface area contributed by atoms with Crippen molar-refractivity contribution in [1.82, 2.24) is 0 Å². The second-order valence-corrected chi connectivity index (χ2v) is 7.60. The van der Waals surface area contributed by atoms with Crippen LogP contribution in [-0.4, -0.2) is 0 Å². The second-order valence-electron chi connectivity index (χ2n) is 7.60. The van der Waals surface area contributed by atoms with E-state index in [1.54, 1.807) is 0 Å². The minimum absolute atomic E-state index is 0.216. The van der Waals surface area contributed by atoms with Gasteiger partial charge in [-0.2, -0.15) is 0 Å². The molecular weight excluding hydrogens is 360 g/mol. The van der Waals surface area contributed by atoms with Crippen LogP contribution in [0, 0.1) is 13.8 Å². The van der Waals surface area contributed by atoms with Crippen molar-refractivity contribution in [2.75, 3.05) is 0 Å². The fourth-order valence-corrected chi connectivity index (χ4v) is 3.66. The zero-order chi connectivity index (χ0) is 20.8. The Kier molecular flexibility index (Phi) is 6.92. The molecular formula is C26H30O3. The van der Waals surface area contributed by atoms with Crippen LogP contribution in [-0.2, 0) is 13.0 Å². The van der Waals surface area contributed by atoms with Gasteiger partial charge in [0.05, 0.1) is 0 Å². The average Bonchev–Trinajstić information content (AvgIpc) is 2.73. The highest BCUT2D eigenvalue weighted by Crippen LogP contribution is 2.30. The van der Waals surface area contributed by atoms with E-state index >= 15 is 0 Å². The van der Waals surface area contributed by atoms with Gasteiger partial charge in [0.25, 0.3) is 0 Å². The third kappa shape index (κ3) is 4.79. The van der Waals surface area contributed by atoms with Crippen LogP contribution in [0.2, 0.25) is 0 Å². The number of unbranched alkanes of at least 4 members (excludes halogenated alkanes) is 3. The lowest BCUT2D eigenvalue weighted by Gasteiger charge is -2.13. The Morgan fingerprint density at radius 2 is 1.76 bits per heavy atom. The Balaban J connectivity index is 1.83. The molecule has 0 aliphatic carbocycles. The van der Waals surface area contributed by atoms with Gasteiger partial charge in [-0.05, 0) is 55.5 Å². The summed E-state index contributed by atoms with van der Waals surface area (Å²) in [7, 11) is 0. The monoisotopic (exact) mass is 390 g/mol.